The minimum atomic E-state index is -1.05. The van der Waals surface area contributed by atoms with Crippen molar-refractivity contribution in [2.24, 2.45) is 0 Å². The molecule has 0 spiro atoms. The SMILES string of the molecule is CN(C)CCC[C@@](C(=O)N(C)C)(c1ccccc1)[C@@H](O)c1ccccc1Br. The van der Waals surface area contributed by atoms with E-state index < -0.39 is 11.5 Å². The number of carbonyl (C=O) groups excluding carboxylic acids is 1. The number of amides is 1. The Bertz CT molecular complexity index is 749. The molecule has 5 heteroatoms. The first kappa shape index (κ1) is 21.6. The first-order chi connectivity index (χ1) is 12.8. The van der Waals surface area contributed by atoms with Gasteiger partial charge in [0.15, 0.2) is 0 Å². The summed E-state index contributed by atoms with van der Waals surface area (Å²) in [4.78, 5) is 17.2. The minimum absolute atomic E-state index is 0.0873. The van der Waals surface area contributed by atoms with Crippen LogP contribution in [0, 0.1) is 0 Å². The number of hydrogen-bond acceptors (Lipinski definition) is 3. The Kier molecular flexibility index (Phi) is 7.59. The van der Waals surface area contributed by atoms with E-state index in [2.05, 4.69) is 20.8 Å². The van der Waals surface area contributed by atoms with Crippen LogP contribution in [0.1, 0.15) is 30.1 Å². The third-order valence-electron chi connectivity index (χ3n) is 4.92. The van der Waals surface area contributed by atoms with Crippen LogP contribution < -0.4 is 0 Å². The maximum atomic E-state index is 13.5. The molecule has 0 aromatic heterocycles. The average Bonchev–Trinajstić information content (AvgIpc) is 2.65. The zero-order valence-corrected chi connectivity index (χ0v) is 18.1. The van der Waals surface area contributed by atoms with Gasteiger partial charge in [-0.25, -0.2) is 0 Å². The first-order valence-electron chi connectivity index (χ1n) is 9.15. The summed E-state index contributed by atoms with van der Waals surface area (Å²) in [6.45, 7) is 0.845. The van der Waals surface area contributed by atoms with Gasteiger partial charge >= 0.3 is 0 Å². The van der Waals surface area contributed by atoms with Crippen molar-refractivity contribution in [2.45, 2.75) is 24.4 Å². The van der Waals surface area contributed by atoms with Crippen molar-refractivity contribution in [3.63, 3.8) is 0 Å². The van der Waals surface area contributed by atoms with Crippen molar-refractivity contribution in [1.82, 2.24) is 9.80 Å². The Labute approximate surface area is 170 Å². The third kappa shape index (κ3) is 4.78. The van der Waals surface area contributed by atoms with E-state index >= 15 is 0 Å². The second-order valence-corrected chi connectivity index (χ2v) is 8.22. The molecule has 1 N–H and O–H groups in total. The van der Waals surface area contributed by atoms with Crippen LogP contribution in [0.25, 0.3) is 0 Å². The molecule has 0 bridgehead atoms. The molecule has 27 heavy (non-hydrogen) atoms. The summed E-state index contributed by atoms with van der Waals surface area (Å²) >= 11 is 3.55. The zero-order valence-electron chi connectivity index (χ0n) is 16.5. The van der Waals surface area contributed by atoms with E-state index in [0.29, 0.717) is 6.42 Å². The minimum Gasteiger partial charge on any atom is -0.387 e. The first-order valence-corrected chi connectivity index (χ1v) is 9.94. The van der Waals surface area contributed by atoms with Gasteiger partial charge in [0, 0.05) is 18.6 Å². The highest BCUT2D eigenvalue weighted by Crippen LogP contribution is 2.44. The fourth-order valence-corrected chi connectivity index (χ4v) is 4.06. The van der Waals surface area contributed by atoms with Crippen molar-refractivity contribution in [3.05, 3.63) is 70.2 Å². The van der Waals surface area contributed by atoms with Crippen molar-refractivity contribution in [1.29, 1.82) is 0 Å². The number of rotatable bonds is 8. The number of likely N-dealkylation sites (N-methyl/N-ethyl adjacent to an activating group) is 1. The van der Waals surface area contributed by atoms with Crippen LogP contribution in [0.5, 0.6) is 0 Å². The number of aliphatic hydroxyl groups is 1. The Balaban J connectivity index is 2.62. The summed E-state index contributed by atoms with van der Waals surface area (Å²) in [6.07, 6.45) is 0.380. The lowest BCUT2D eigenvalue weighted by atomic mass is 9.69. The van der Waals surface area contributed by atoms with Gasteiger partial charge in [-0.3, -0.25) is 4.79 Å². The van der Waals surface area contributed by atoms with Crippen molar-refractivity contribution in [3.8, 4) is 0 Å². The van der Waals surface area contributed by atoms with E-state index in [4.69, 9.17) is 0 Å². The molecular formula is C22H29BrN2O2. The monoisotopic (exact) mass is 432 g/mol. The van der Waals surface area contributed by atoms with E-state index in [1.807, 2.05) is 68.7 Å². The smallest absolute Gasteiger partial charge is 0.235 e. The molecule has 4 nitrogen and oxygen atoms in total. The lowest BCUT2D eigenvalue weighted by molar-refractivity contribution is -0.140. The Morgan fingerprint density at radius 3 is 2.19 bits per heavy atom. The van der Waals surface area contributed by atoms with Crippen LogP contribution in [-0.4, -0.2) is 55.5 Å². The number of benzene rings is 2. The lowest BCUT2D eigenvalue weighted by Gasteiger charge is -2.40. The largest absolute Gasteiger partial charge is 0.387 e. The molecule has 0 aliphatic carbocycles. The Morgan fingerprint density at radius 1 is 1.04 bits per heavy atom. The Morgan fingerprint density at radius 2 is 1.63 bits per heavy atom. The fourth-order valence-electron chi connectivity index (χ4n) is 3.56. The number of nitrogens with zero attached hydrogens (tertiary/aromatic N) is 2. The number of aliphatic hydroxyl groups excluding tert-OH is 1. The van der Waals surface area contributed by atoms with Crippen LogP contribution in [0.4, 0.5) is 0 Å². The molecule has 0 saturated carbocycles. The molecule has 0 aliphatic heterocycles. The molecule has 146 valence electrons. The molecule has 0 radical (unpaired) electrons. The summed E-state index contributed by atoms with van der Waals surface area (Å²) < 4.78 is 0.803. The van der Waals surface area contributed by atoms with Gasteiger partial charge in [0.1, 0.15) is 5.41 Å². The molecular weight excluding hydrogens is 404 g/mol. The highest BCUT2D eigenvalue weighted by molar-refractivity contribution is 9.10. The summed E-state index contributed by atoms with van der Waals surface area (Å²) in [7, 11) is 7.53. The molecule has 2 atom stereocenters. The predicted molar refractivity (Wildman–Crippen MR) is 114 cm³/mol. The molecule has 2 aromatic carbocycles. The van der Waals surface area contributed by atoms with Crippen molar-refractivity contribution in [2.75, 3.05) is 34.7 Å². The van der Waals surface area contributed by atoms with Crippen molar-refractivity contribution >= 4 is 21.8 Å². The third-order valence-corrected chi connectivity index (χ3v) is 5.64. The summed E-state index contributed by atoms with van der Waals surface area (Å²) in [5.41, 5.74) is 0.511. The molecule has 2 rings (SSSR count). The van der Waals surface area contributed by atoms with E-state index in [1.165, 1.54) is 0 Å². The van der Waals surface area contributed by atoms with E-state index in [-0.39, 0.29) is 5.91 Å². The van der Waals surface area contributed by atoms with Gasteiger partial charge in [0.05, 0.1) is 6.10 Å². The maximum Gasteiger partial charge on any atom is 0.235 e. The number of hydrogen-bond donors (Lipinski definition) is 1. The summed E-state index contributed by atoms with van der Waals surface area (Å²) in [5.74, 6) is -0.0873. The van der Waals surface area contributed by atoms with Gasteiger partial charge in [-0.2, -0.15) is 0 Å². The van der Waals surface area contributed by atoms with Crippen molar-refractivity contribution < 1.29 is 9.90 Å². The van der Waals surface area contributed by atoms with Crippen LogP contribution in [0.3, 0.4) is 0 Å². The normalized spacial score (nSPS) is 14.6. The van der Waals surface area contributed by atoms with Crippen LogP contribution in [0.2, 0.25) is 0 Å². The standard InChI is InChI=1S/C22H29BrN2O2/c1-24(2)16-10-15-22(21(27)25(3)4,17-11-6-5-7-12-17)20(26)18-13-8-9-14-19(18)23/h5-9,11-14,20,26H,10,15-16H2,1-4H3/t20-,22+/m0/s1. The predicted octanol–water partition coefficient (Wildman–Crippen LogP) is 3.85. The quantitative estimate of drug-likeness (QED) is 0.688. The van der Waals surface area contributed by atoms with Crippen LogP contribution >= 0.6 is 15.9 Å². The van der Waals surface area contributed by atoms with E-state index in [0.717, 1.165) is 28.6 Å². The average molecular weight is 433 g/mol. The summed E-state index contributed by atoms with van der Waals surface area (Å²) in [5, 5.41) is 11.6. The van der Waals surface area contributed by atoms with Gasteiger partial charge < -0.3 is 14.9 Å². The molecule has 0 fully saturated rings. The highest BCUT2D eigenvalue weighted by atomic mass is 79.9. The van der Waals surface area contributed by atoms with Gasteiger partial charge in [-0.1, -0.05) is 64.5 Å². The van der Waals surface area contributed by atoms with Crippen LogP contribution in [-0.2, 0) is 10.2 Å². The summed E-state index contributed by atoms with van der Waals surface area (Å²) in [6, 6.07) is 17.2. The number of halogens is 1. The van der Waals surface area contributed by atoms with Gasteiger partial charge in [-0.15, -0.1) is 0 Å². The molecule has 1 amide bonds. The second kappa shape index (κ2) is 9.49. The maximum absolute atomic E-state index is 13.5. The van der Waals surface area contributed by atoms with Gasteiger partial charge in [0.25, 0.3) is 0 Å². The fraction of sp³-hybridized carbons (Fsp3) is 0.409. The lowest BCUT2D eigenvalue weighted by Crippen LogP contribution is -2.48. The molecule has 0 heterocycles. The molecule has 0 aliphatic rings. The van der Waals surface area contributed by atoms with Gasteiger partial charge in [-0.05, 0) is 50.7 Å². The second-order valence-electron chi connectivity index (χ2n) is 7.37. The topological polar surface area (TPSA) is 43.8 Å². The highest BCUT2D eigenvalue weighted by Gasteiger charge is 2.48. The molecule has 2 aromatic rings. The molecule has 0 unspecified atom stereocenters. The van der Waals surface area contributed by atoms with E-state index in [1.54, 1.807) is 19.0 Å². The molecule has 0 saturated heterocycles. The van der Waals surface area contributed by atoms with E-state index in [9.17, 15) is 9.90 Å². The Hall–Kier alpha value is -1.69. The van der Waals surface area contributed by atoms with Crippen LogP contribution in [0.15, 0.2) is 59.1 Å². The number of carbonyl (C=O) groups is 1. The van der Waals surface area contributed by atoms with Gasteiger partial charge in [0.2, 0.25) is 5.91 Å². The zero-order chi connectivity index (χ0) is 20.0.